The number of rotatable bonds is 2. The lowest BCUT2D eigenvalue weighted by molar-refractivity contribution is 0.346. The lowest BCUT2D eigenvalue weighted by Crippen LogP contribution is -2.10. The molecule has 1 fully saturated rings. The van der Waals surface area contributed by atoms with Crippen LogP contribution in [-0.4, -0.2) is 18.2 Å². The van der Waals surface area contributed by atoms with Gasteiger partial charge in [0.15, 0.2) is 0 Å². The SMILES string of the molecule is [Br][Mg][CH2]C1CCC1. The van der Waals surface area contributed by atoms with Crippen molar-refractivity contribution in [2.24, 2.45) is 5.92 Å². The monoisotopic (exact) mass is 172 g/mol. The van der Waals surface area contributed by atoms with Crippen molar-refractivity contribution in [3.8, 4) is 0 Å². The lowest BCUT2D eigenvalue weighted by atomic mass is 9.87. The first-order chi connectivity index (χ1) is 3.43. The topological polar surface area (TPSA) is 0 Å². The molecule has 7 heavy (non-hydrogen) atoms. The fraction of sp³-hybridized carbons (Fsp3) is 1.00. The van der Waals surface area contributed by atoms with E-state index in [4.69, 9.17) is 0 Å². The van der Waals surface area contributed by atoms with E-state index in [2.05, 4.69) is 12.9 Å². The van der Waals surface area contributed by atoms with Crippen LogP contribution in [0, 0.1) is 5.92 Å². The molecule has 0 aliphatic heterocycles. The Labute approximate surface area is 60.6 Å². The van der Waals surface area contributed by atoms with Gasteiger partial charge in [0, 0.05) is 0 Å². The van der Waals surface area contributed by atoms with E-state index in [9.17, 15) is 0 Å². The van der Waals surface area contributed by atoms with E-state index in [0.29, 0.717) is 0 Å². The molecule has 0 saturated heterocycles. The van der Waals surface area contributed by atoms with Gasteiger partial charge >= 0.3 is 18.2 Å². The van der Waals surface area contributed by atoms with E-state index >= 15 is 0 Å². The summed E-state index contributed by atoms with van der Waals surface area (Å²) in [4.78, 5) is 0. The molecule has 0 heterocycles. The molecule has 1 aliphatic carbocycles. The standard InChI is InChI=1S/C5H9.BrH.Mg/c1-5-3-2-4-5;;/h5H,1-4H2;1H;/q;;+1/p-1. The summed E-state index contributed by atoms with van der Waals surface area (Å²) in [6.07, 6.45) is 4.56. The van der Waals surface area contributed by atoms with Crippen LogP contribution < -0.4 is 0 Å². The molecule has 0 aromatic rings. The fourth-order valence-corrected chi connectivity index (χ4v) is 3.76. The summed E-state index contributed by atoms with van der Waals surface area (Å²) >= 11 is 3.78. The van der Waals surface area contributed by atoms with E-state index in [1.165, 1.54) is 19.3 Å². The molecule has 0 aromatic heterocycles. The summed E-state index contributed by atoms with van der Waals surface area (Å²) in [5.74, 6) is 1.14. The Hall–Kier alpha value is 1.25. The molecule has 0 spiro atoms. The van der Waals surface area contributed by atoms with E-state index in [0.717, 1.165) is 5.92 Å². The summed E-state index contributed by atoms with van der Waals surface area (Å²) in [6.45, 7) is 0. The highest BCUT2D eigenvalue weighted by Gasteiger charge is 2.15. The normalized spacial score (nSPS) is 20.7. The highest BCUT2D eigenvalue weighted by molar-refractivity contribution is 9.23. The number of halogens is 1. The lowest BCUT2D eigenvalue weighted by Gasteiger charge is -2.24. The molecule has 0 bridgehead atoms. The molecular weight excluding hydrogens is 164 g/mol. The largest absolute Gasteiger partial charge is 0.468 e. The maximum Gasteiger partial charge on any atom is 0.468 e. The minimum Gasteiger partial charge on any atom is -0.307 e. The molecule has 1 saturated carbocycles. The van der Waals surface area contributed by atoms with Crippen LogP contribution in [0.2, 0.25) is 4.55 Å². The second-order valence-corrected chi connectivity index (χ2v) is 5.61. The van der Waals surface area contributed by atoms with Crippen molar-refractivity contribution in [2.45, 2.75) is 23.8 Å². The predicted octanol–water partition coefficient (Wildman–Crippen LogP) is 2.22. The highest BCUT2D eigenvalue weighted by Crippen LogP contribution is 2.29. The van der Waals surface area contributed by atoms with Crippen molar-refractivity contribution in [2.75, 3.05) is 0 Å². The minimum atomic E-state index is 0.219. The molecule has 0 atom stereocenters. The van der Waals surface area contributed by atoms with Crippen molar-refractivity contribution < 1.29 is 0 Å². The van der Waals surface area contributed by atoms with Crippen molar-refractivity contribution >= 4 is 31.1 Å². The maximum atomic E-state index is 3.56. The van der Waals surface area contributed by atoms with Crippen LogP contribution in [-0.2, 0) is 0 Å². The van der Waals surface area contributed by atoms with Gasteiger partial charge in [-0.25, -0.2) is 0 Å². The minimum absolute atomic E-state index is 0.219. The summed E-state index contributed by atoms with van der Waals surface area (Å²) in [7, 11) is 0. The Morgan fingerprint density at radius 2 is 2.29 bits per heavy atom. The Morgan fingerprint density at radius 3 is 2.43 bits per heavy atom. The van der Waals surface area contributed by atoms with E-state index in [1.807, 2.05) is 0 Å². The van der Waals surface area contributed by atoms with Crippen LogP contribution in [0.3, 0.4) is 0 Å². The third-order valence-electron chi connectivity index (χ3n) is 1.74. The van der Waals surface area contributed by atoms with Crippen molar-refractivity contribution in [3.05, 3.63) is 0 Å². The quantitative estimate of drug-likeness (QED) is 0.562. The van der Waals surface area contributed by atoms with Gasteiger partial charge in [-0.05, 0) is 0 Å². The Morgan fingerprint density at radius 1 is 1.57 bits per heavy atom. The summed E-state index contributed by atoms with van der Waals surface area (Å²) in [6, 6.07) is 0. The van der Waals surface area contributed by atoms with Crippen molar-refractivity contribution in [1.29, 1.82) is 0 Å². The summed E-state index contributed by atoms with van der Waals surface area (Å²) in [5, 5.41) is 0. The number of hydrogen-bond donors (Lipinski definition) is 0. The zero-order valence-corrected chi connectivity index (χ0v) is 7.49. The van der Waals surface area contributed by atoms with Crippen LogP contribution in [0.15, 0.2) is 0 Å². The summed E-state index contributed by atoms with van der Waals surface area (Å²) < 4.78 is 1.54. The molecule has 0 nitrogen and oxygen atoms in total. The molecule has 0 aromatic carbocycles. The van der Waals surface area contributed by atoms with Crippen LogP contribution in [0.5, 0.6) is 0 Å². The highest BCUT2D eigenvalue weighted by atomic mass is 79.9. The third-order valence-corrected chi connectivity index (χ3v) is 4.15. The first-order valence-corrected chi connectivity index (χ1v) is 7.89. The van der Waals surface area contributed by atoms with Crippen LogP contribution >= 0.6 is 12.9 Å². The van der Waals surface area contributed by atoms with Gasteiger partial charge in [-0.1, -0.05) is 25.2 Å². The second-order valence-electron chi connectivity index (χ2n) is 2.27. The Bertz CT molecular complexity index is 52.0. The first-order valence-electron chi connectivity index (χ1n) is 2.99. The summed E-state index contributed by atoms with van der Waals surface area (Å²) in [5.41, 5.74) is 0. The van der Waals surface area contributed by atoms with Gasteiger partial charge < -0.3 is 12.9 Å². The van der Waals surface area contributed by atoms with Gasteiger partial charge in [-0.3, -0.25) is 0 Å². The zero-order chi connectivity index (χ0) is 5.11. The molecule has 1 aliphatic rings. The third kappa shape index (κ3) is 1.90. The van der Waals surface area contributed by atoms with Crippen molar-refractivity contribution in [3.63, 3.8) is 0 Å². The van der Waals surface area contributed by atoms with Gasteiger partial charge in [-0.15, -0.1) is 4.55 Å². The molecule has 1 rings (SSSR count). The molecule has 0 unspecified atom stereocenters. The Balaban J connectivity index is 1.93. The zero-order valence-electron chi connectivity index (χ0n) is 4.49. The maximum absolute atomic E-state index is 3.56. The molecular formula is C5H9BrMg. The molecule has 0 radical (unpaired) electrons. The smallest absolute Gasteiger partial charge is 0.307 e. The van der Waals surface area contributed by atoms with Crippen LogP contribution in [0.1, 0.15) is 19.3 Å². The van der Waals surface area contributed by atoms with Crippen LogP contribution in [0.4, 0.5) is 0 Å². The van der Waals surface area contributed by atoms with E-state index in [1.54, 1.807) is 4.55 Å². The van der Waals surface area contributed by atoms with E-state index in [-0.39, 0.29) is 18.2 Å². The van der Waals surface area contributed by atoms with Gasteiger partial charge in [-0.2, -0.15) is 0 Å². The van der Waals surface area contributed by atoms with Crippen LogP contribution in [0.25, 0.3) is 0 Å². The Kier molecular flexibility index (Phi) is 3.01. The van der Waals surface area contributed by atoms with Crippen molar-refractivity contribution in [1.82, 2.24) is 0 Å². The van der Waals surface area contributed by atoms with Gasteiger partial charge in [0.1, 0.15) is 0 Å². The first kappa shape index (κ1) is 6.37. The van der Waals surface area contributed by atoms with E-state index < -0.39 is 0 Å². The second kappa shape index (κ2) is 3.31. The average molecular weight is 173 g/mol. The molecule has 38 valence electrons. The van der Waals surface area contributed by atoms with Gasteiger partial charge in [0.05, 0.1) is 0 Å². The van der Waals surface area contributed by atoms with Gasteiger partial charge in [0.2, 0.25) is 0 Å². The molecule has 0 amide bonds. The fourth-order valence-electron chi connectivity index (χ4n) is 0.936. The van der Waals surface area contributed by atoms with Gasteiger partial charge in [0.25, 0.3) is 0 Å². The number of hydrogen-bond acceptors (Lipinski definition) is 0. The predicted molar refractivity (Wildman–Crippen MR) is 36.8 cm³/mol. The molecule has 2 heteroatoms. The average Bonchev–Trinajstić information content (AvgIpc) is 1.55. The molecule has 0 N–H and O–H groups in total.